The Morgan fingerprint density at radius 2 is 1.73 bits per heavy atom. The molecule has 1 fully saturated rings. The molecule has 0 saturated carbocycles. The SMILES string of the molecule is CC(C)c1nc2ccccc2c(=O)n1-c1ccc(OCCCN2CCCCC2)cc1. The summed E-state index contributed by atoms with van der Waals surface area (Å²) in [5.74, 6) is 1.74. The van der Waals surface area contributed by atoms with E-state index in [4.69, 9.17) is 9.72 Å². The molecule has 0 unspecified atom stereocenters. The third kappa shape index (κ3) is 4.57. The molecule has 5 heteroatoms. The molecule has 30 heavy (non-hydrogen) atoms. The number of benzene rings is 2. The molecule has 1 saturated heterocycles. The van der Waals surface area contributed by atoms with Crippen molar-refractivity contribution in [2.75, 3.05) is 26.2 Å². The van der Waals surface area contributed by atoms with Gasteiger partial charge in [0.05, 0.1) is 23.2 Å². The zero-order valence-corrected chi connectivity index (χ0v) is 18.0. The Balaban J connectivity index is 1.48. The van der Waals surface area contributed by atoms with E-state index < -0.39 is 0 Å². The van der Waals surface area contributed by atoms with Crippen molar-refractivity contribution in [1.29, 1.82) is 0 Å². The summed E-state index contributed by atoms with van der Waals surface area (Å²) < 4.78 is 7.67. The van der Waals surface area contributed by atoms with Gasteiger partial charge in [-0.25, -0.2) is 4.98 Å². The molecular formula is C25H31N3O2. The average molecular weight is 406 g/mol. The Bertz CT molecular complexity index is 1030. The Morgan fingerprint density at radius 3 is 2.47 bits per heavy atom. The first kappa shape index (κ1) is 20.6. The second-order valence-electron chi connectivity index (χ2n) is 8.38. The van der Waals surface area contributed by atoms with E-state index in [0.717, 1.165) is 35.7 Å². The summed E-state index contributed by atoms with van der Waals surface area (Å²) in [6.45, 7) is 8.39. The van der Waals surface area contributed by atoms with Crippen LogP contribution in [0.1, 0.15) is 51.3 Å². The van der Waals surface area contributed by atoms with Crippen LogP contribution in [0.25, 0.3) is 16.6 Å². The van der Waals surface area contributed by atoms with E-state index in [0.29, 0.717) is 12.0 Å². The van der Waals surface area contributed by atoms with Crippen molar-refractivity contribution in [3.8, 4) is 11.4 Å². The lowest BCUT2D eigenvalue weighted by atomic mass is 10.1. The van der Waals surface area contributed by atoms with Crippen LogP contribution in [0.3, 0.4) is 0 Å². The van der Waals surface area contributed by atoms with Gasteiger partial charge in [0.25, 0.3) is 5.56 Å². The Hall–Kier alpha value is -2.66. The van der Waals surface area contributed by atoms with Crippen molar-refractivity contribution in [1.82, 2.24) is 14.5 Å². The van der Waals surface area contributed by atoms with E-state index in [9.17, 15) is 4.79 Å². The van der Waals surface area contributed by atoms with E-state index in [1.807, 2.05) is 48.5 Å². The van der Waals surface area contributed by atoms with Crippen molar-refractivity contribution in [2.24, 2.45) is 0 Å². The van der Waals surface area contributed by atoms with Crippen LogP contribution in [-0.2, 0) is 0 Å². The Labute approximate surface area is 178 Å². The first-order chi connectivity index (χ1) is 14.6. The zero-order valence-electron chi connectivity index (χ0n) is 18.0. The summed E-state index contributed by atoms with van der Waals surface area (Å²) in [5.41, 5.74) is 1.54. The molecule has 5 nitrogen and oxygen atoms in total. The Kier molecular flexibility index (Phi) is 6.48. The molecule has 1 aliphatic heterocycles. The lowest BCUT2D eigenvalue weighted by Gasteiger charge is -2.26. The van der Waals surface area contributed by atoms with Gasteiger partial charge in [-0.15, -0.1) is 0 Å². The molecule has 2 aromatic carbocycles. The number of fused-ring (bicyclic) bond motifs is 1. The smallest absolute Gasteiger partial charge is 0.265 e. The van der Waals surface area contributed by atoms with Crippen LogP contribution < -0.4 is 10.3 Å². The zero-order chi connectivity index (χ0) is 20.9. The highest BCUT2D eigenvalue weighted by Gasteiger charge is 2.15. The van der Waals surface area contributed by atoms with Crippen molar-refractivity contribution in [2.45, 2.75) is 45.4 Å². The normalized spacial score (nSPS) is 15.0. The molecule has 0 spiro atoms. The highest BCUT2D eigenvalue weighted by Crippen LogP contribution is 2.21. The molecule has 4 rings (SSSR count). The number of ether oxygens (including phenoxy) is 1. The minimum atomic E-state index is -0.0282. The quantitative estimate of drug-likeness (QED) is 0.532. The maximum absolute atomic E-state index is 13.2. The summed E-state index contributed by atoms with van der Waals surface area (Å²) in [7, 11) is 0. The topological polar surface area (TPSA) is 47.4 Å². The molecule has 0 amide bonds. The highest BCUT2D eigenvalue weighted by atomic mass is 16.5. The van der Waals surface area contributed by atoms with Crippen LogP contribution in [0.15, 0.2) is 53.3 Å². The largest absolute Gasteiger partial charge is 0.494 e. The monoisotopic (exact) mass is 405 g/mol. The molecule has 0 N–H and O–H groups in total. The van der Waals surface area contributed by atoms with Crippen LogP contribution in [-0.4, -0.2) is 40.7 Å². The van der Waals surface area contributed by atoms with E-state index in [1.54, 1.807) is 4.57 Å². The van der Waals surface area contributed by atoms with Gasteiger partial charge in [-0.3, -0.25) is 9.36 Å². The molecule has 3 aromatic rings. The second-order valence-corrected chi connectivity index (χ2v) is 8.38. The highest BCUT2D eigenvalue weighted by molar-refractivity contribution is 5.77. The molecule has 2 heterocycles. The third-order valence-electron chi connectivity index (χ3n) is 5.75. The lowest BCUT2D eigenvalue weighted by molar-refractivity contribution is 0.205. The van der Waals surface area contributed by atoms with Crippen molar-refractivity contribution in [3.63, 3.8) is 0 Å². The molecule has 0 bridgehead atoms. The fourth-order valence-corrected chi connectivity index (χ4v) is 4.14. The molecule has 1 aromatic heterocycles. The number of rotatable bonds is 7. The summed E-state index contributed by atoms with van der Waals surface area (Å²) >= 11 is 0. The minimum absolute atomic E-state index is 0.0282. The molecule has 0 radical (unpaired) electrons. The van der Waals surface area contributed by atoms with Gasteiger partial charge in [0.1, 0.15) is 11.6 Å². The maximum Gasteiger partial charge on any atom is 0.265 e. The number of aromatic nitrogens is 2. The second kappa shape index (κ2) is 9.43. The van der Waals surface area contributed by atoms with Crippen LogP contribution in [0.4, 0.5) is 0 Å². The molecule has 1 aliphatic rings. The number of hydrogen-bond donors (Lipinski definition) is 0. The van der Waals surface area contributed by atoms with Gasteiger partial charge in [0.15, 0.2) is 0 Å². The fraction of sp³-hybridized carbons (Fsp3) is 0.440. The lowest BCUT2D eigenvalue weighted by Crippen LogP contribution is -2.31. The van der Waals surface area contributed by atoms with E-state index in [-0.39, 0.29) is 11.5 Å². The predicted octanol–water partition coefficient (Wildman–Crippen LogP) is 4.76. The van der Waals surface area contributed by atoms with Crippen LogP contribution in [0, 0.1) is 0 Å². The van der Waals surface area contributed by atoms with Gasteiger partial charge in [-0.2, -0.15) is 0 Å². The van der Waals surface area contributed by atoms with E-state index >= 15 is 0 Å². The summed E-state index contributed by atoms with van der Waals surface area (Å²) in [4.78, 5) is 20.5. The van der Waals surface area contributed by atoms with Gasteiger partial charge < -0.3 is 9.64 Å². The minimum Gasteiger partial charge on any atom is -0.494 e. The summed E-state index contributed by atoms with van der Waals surface area (Å²) in [6, 6.07) is 15.3. The van der Waals surface area contributed by atoms with E-state index in [2.05, 4.69) is 18.7 Å². The van der Waals surface area contributed by atoms with Gasteiger partial charge in [-0.1, -0.05) is 32.4 Å². The maximum atomic E-state index is 13.2. The number of hydrogen-bond acceptors (Lipinski definition) is 4. The van der Waals surface area contributed by atoms with Crippen molar-refractivity contribution < 1.29 is 4.74 Å². The van der Waals surface area contributed by atoms with Gasteiger partial charge >= 0.3 is 0 Å². The van der Waals surface area contributed by atoms with Gasteiger partial charge in [-0.05, 0) is 68.8 Å². The number of piperidine rings is 1. The first-order valence-corrected chi connectivity index (χ1v) is 11.1. The standard InChI is InChI=1S/C25H31N3O2/c1-19(2)24-26-23-10-5-4-9-22(23)25(29)28(24)20-11-13-21(14-12-20)30-18-8-17-27-15-6-3-7-16-27/h4-5,9-14,19H,3,6-8,15-18H2,1-2H3. The Morgan fingerprint density at radius 1 is 1.00 bits per heavy atom. The van der Waals surface area contributed by atoms with Gasteiger partial charge in [0, 0.05) is 12.5 Å². The number of likely N-dealkylation sites (tertiary alicyclic amines) is 1. The summed E-state index contributed by atoms with van der Waals surface area (Å²) in [6.07, 6.45) is 5.05. The number of para-hydroxylation sites is 1. The molecule has 158 valence electrons. The molecular weight excluding hydrogens is 374 g/mol. The summed E-state index contributed by atoms with van der Waals surface area (Å²) in [5, 5.41) is 0.639. The van der Waals surface area contributed by atoms with Crippen molar-refractivity contribution >= 4 is 10.9 Å². The van der Waals surface area contributed by atoms with E-state index in [1.165, 1.54) is 32.4 Å². The molecule has 0 aliphatic carbocycles. The average Bonchev–Trinajstić information content (AvgIpc) is 2.78. The van der Waals surface area contributed by atoms with Gasteiger partial charge in [0.2, 0.25) is 0 Å². The molecule has 0 atom stereocenters. The fourth-order valence-electron chi connectivity index (χ4n) is 4.14. The predicted molar refractivity (Wildman–Crippen MR) is 122 cm³/mol. The first-order valence-electron chi connectivity index (χ1n) is 11.1. The van der Waals surface area contributed by atoms with Crippen molar-refractivity contribution in [3.05, 3.63) is 64.7 Å². The third-order valence-corrected chi connectivity index (χ3v) is 5.75. The van der Waals surface area contributed by atoms with Crippen LogP contribution >= 0.6 is 0 Å². The van der Waals surface area contributed by atoms with Crippen LogP contribution in [0.5, 0.6) is 5.75 Å². The van der Waals surface area contributed by atoms with Crippen LogP contribution in [0.2, 0.25) is 0 Å². The number of nitrogens with zero attached hydrogens (tertiary/aromatic N) is 3.